The normalized spacial score (nSPS) is 17.2. The van der Waals surface area contributed by atoms with Crippen LogP contribution in [0.2, 0.25) is 5.15 Å². The van der Waals surface area contributed by atoms with Crippen molar-refractivity contribution in [3.8, 4) is 0 Å². The van der Waals surface area contributed by atoms with Crippen molar-refractivity contribution in [3.05, 3.63) is 82.5 Å². The van der Waals surface area contributed by atoms with Crippen molar-refractivity contribution >= 4 is 35.1 Å². The highest BCUT2D eigenvalue weighted by atomic mass is 35.5. The van der Waals surface area contributed by atoms with E-state index in [-0.39, 0.29) is 11.9 Å². The Kier molecular flexibility index (Phi) is 9.77. The lowest BCUT2D eigenvalue weighted by Crippen LogP contribution is -2.44. The second-order valence-electron chi connectivity index (χ2n) is 10.7. The number of anilines is 1. The third-order valence-corrected chi connectivity index (χ3v) is 9.01. The van der Waals surface area contributed by atoms with Crippen LogP contribution in [0.15, 0.2) is 65.8 Å². The third kappa shape index (κ3) is 7.96. The molecule has 1 aliphatic heterocycles. The Morgan fingerprint density at radius 2 is 1.69 bits per heavy atom. The van der Waals surface area contributed by atoms with Crippen LogP contribution in [-0.4, -0.2) is 53.0 Å². The van der Waals surface area contributed by atoms with E-state index in [2.05, 4.69) is 57.5 Å². The topological polar surface area (TPSA) is 61.4 Å². The summed E-state index contributed by atoms with van der Waals surface area (Å²) in [6.45, 7) is 2.97. The molecule has 1 N–H and O–H groups in total. The number of nitrogens with zero attached hydrogens (tertiary/aromatic N) is 4. The van der Waals surface area contributed by atoms with Crippen LogP contribution in [0.25, 0.3) is 0 Å². The summed E-state index contributed by atoms with van der Waals surface area (Å²) < 4.78 is 0. The second-order valence-corrected chi connectivity index (χ2v) is 12.1. The molecule has 6 nitrogen and oxygen atoms in total. The maximum atomic E-state index is 12.9. The molecule has 0 bridgehead atoms. The zero-order chi connectivity index (χ0) is 27.0. The van der Waals surface area contributed by atoms with Crippen molar-refractivity contribution in [2.75, 3.05) is 25.0 Å². The van der Waals surface area contributed by atoms with Crippen molar-refractivity contribution in [3.63, 3.8) is 0 Å². The van der Waals surface area contributed by atoms with Crippen LogP contribution >= 0.6 is 23.4 Å². The zero-order valence-electron chi connectivity index (χ0n) is 22.7. The number of carbonyl (C=O) groups is 1. The number of piperidine rings is 1. The van der Waals surface area contributed by atoms with Gasteiger partial charge < -0.3 is 10.2 Å². The fourth-order valence-electron chi connectivity index (χ4n) is 5.53. The summed E-state index contributed by atoms with van der Waals surface area (Å²) in [7, 11) is 2.11. The van der Waals surface area contributed by atoms with Crippen LogP contribution in [-0.2, 0) is 12.3 Å². The van der Waals surface area contributed by atoms with Gasteiger partial charge in [-0.25, -0.2) is 9.97 Å². The number of thioether (sulfide) groups is 1. The number of amides is 1. The zero-order valence-corrected chi connectivity index (χ0v) is 24.3. The number of aromatic nitrogens is 2. The van der Waals surface area contributed by atoms with Crippen LogP contribution in [0.4, 0.5) is 5.82 Å². The largest absolute Gasteiger partial charge is 0.357 e. The van der Waals surface area contributed by atoms with E-state index >= 15 is 0 Å². The van der Waals surface area contributed by atoms with Crippen molar-refractivity contribution in [1.82, 2.24) is 20.2 Å². The van der Waals surface area contributed by atoms with Gasteiger partial charge in [-0.3, -0.25) is 9.69 Å². The van der Waals surface area contributed by atoms with Gasteiger partial charge in [-0.15, -0.1) is 0 Å². The van der Waals surface area contributed by atoms with Gasteiger partial charge in [-0.1, -0.05) is 85.1 Å². The quantitative estimate of drug-likeness (QED) is 0.180. The SMILES string of the molecule is CN(c1cc(Cl)nc(SCc2ccc(C(=O)NC3CCN(Cc4ccccc4)CC3)cc2)n1)C1CCCCC1. The lowest BCUT2D eigenvalue weighted by atomic mass is 9.94. The second kappa shape index (κ2) is 13.6. The molecule has 2 aliphatic rings. The molecule has 1 amide bonds. The van der Waals surface area contributed by atoms with E-state index in [4.69, 9.17) is 16.6 Å². The van der Waals surface area contributed by atoms with Crippen molar-refractivity contribution < 1.29 is 4.79 Å². The Bertz CT molecular complexity index is 1210. The number of carbonyl (C=O) groups excluding carboxylic acids is 1. The minimum atomic E-state index is 0.00396. The van der Waals surface area contributed by atoms with Crippen LogP contribution < -0.4 is 10.2 Å². The standard InChI is InChI=1S/C31H38ClN5OS/c1-36(27-10-6-3-7-11-27)29-20-28(32)34-31(35-29)39-22-24-12-14-25(15-13-24)30(38)33-26-16-18-37(19-17-26)21-23-8-4-2-5-9-23/h2,4-5,8-9,12-15,20,26-27H,3,6-7,10-11,16-19,21-22H2,1H3,(H,33,38). The summed E-state index contributed by atoms with van der Waals surface area (Å²) in [5.74, 6) is 1.61. The molecule has 2 heterocycles. The Balaban J connectivity index is 1.09. The average Bonchev–Trinajstić information content (AvgIpc) is 2.97. The number of halogens is 1. The Hall–Kier alpha value is -2.61. The van der Waals surface area contributed by atoms with Crippen molar-refractivity contribution in [1.29, 1.82) is 0 Å². The molecule has 1 saturated heterocycles. The summed E-state index contributed by atoms with van der Waals surface area (Å²) in [6.07, 6.45) is 8.23. The number of rotatable bonds is 9. The molecular formula is C31H38ClN5OS. The number of benzene rings is 2. The maximum absolute atomic E-state index is 12.9. The molecule has 0 atom stereocenters. The molecule has 0 spiro atoms. The maximum Gasteiger partial charge on any atom is 0.251 e. The van der Waals surface area contributed by atoms with Gasteiger partial charge in [-0.05, 0) is 48.9 Å². The van der Waals surface area contributed by atoms with Crippen LogP contribution in [0, 0.1) is 0 Å². The lowest BCUT2D eigenvalue weighted by Gasteiger charge is -2.32. The highest BCUT2D eigenvalue weighted by molar-refractivity contribution is 7.98. The Morgan fingerprint density at radius 3 is 2.41 bits per heavy atom. The number of likely N-dealkylation sites (tertiary alicyclic amines) is 1. The van der Waals surface area contributed by atoms with Gasteiger partial charge in [0.15, 0.2) is 5.16 Å². The van der Waals surface area contributed by atoms with Gasteiger partial charge in [0.1, 0.15) is 11.0 Å². The van der Waals surface area contributed by atoms with E-state index in [1.54, 1.807) is 11.8 Å². The lowest BCUT2D eigenvalue weighted by molar-refractivity contribution is 0.0909. The molecule has 39 heavy (non-hydrogen) atoms. The fraction of sp³-hybridized carbons (Fsp3) is 0.452. The summed E-state index contributed by atoms with van der Waals surface area (Å²) >= 11 is 7.93. The van der Waals surface area contributed by atoms with Gasteiger partial charge in [0.05, 0.1) is 0 Å². The summed E-state index contributed by atoms with van der Waals surface area (Å²) in [4.78, 5) is 26.8. The number of hydrogen-bond donors (Lipinski definition) is 1. The molecule has 2 fully saturated rings. The molecule has 3 aromatic rings. The minimum absolute atomic E-state index is 0.00396. The van der Waals surface area contributed by atoms with Crippen LogP contribution in [0.3, 0.4) is 0 Å². The molecule has 5 rings (SSSR count). The summed E-state index contributed by atoms with van der Waals surface area (Å²) in [5.41, 5.74) is 3.16. The first-order valence-corrected chi connectivity index (χ1v) is 15.5. The molecular weight excluding hydrogens is 526 g/mol. The monoisotopic (exact) mass is 563 g/mol. The predicted octanol–water partition coefficient (Wildman–Crippen LogP) is 6.59. The molecule has 0 unspecified atom stereocenters. The number of hydrogen-bond acceptors (Lipinski definition) is 6. The Labute approximate surface area is 241 Å². The van der Waals surface area contributed by atoms with Crippen LogP contribution in [0.5, 0.6) is 0 Å². The van der Waals surface area contributed by atoms with Crippen molar-refractivity contribution in [2.24, 2.45) is 0 Å². The molecule has 1 aliphatic carbocycles. The van der Waals surface area contributed by atoms with Gasteiger partial charge in [0, 0.05) is 56.1 Å². The first-order chi connectivity index (χ1) is 19.0. The first-order valence-electron chi connectivity index (χ1n) is 14.1. The third-order valence-electron chi connectivity index (χ3n) is 7.90. The van der Waals surface area contributed by atoms with Crippen LogP contribution in [0.1, 0.15) is 66.4 Å². The molecule has 8 heteroatoms. The molecule has 0 radical (unpaired) electrons. The first kappa shape index (κ1) is 27.9. The van der Waals surface area contributed by atoms with E-state index in [1.165, 1.54) is 37.7 Å². The highest BCUT2D eigenvalue weighted by Gasteiger charge is 2.22. The van der Waals surface area contributed by atoms with E-state index in [9.17, 15) is 4.79 Å². The highest BCUT2D eigenvalue weighted by Crippen LogP contribution is 2.29. The fourth-order valence-corrected chi connectivity index (χ4v) is 6.57. The van der Waals surface area contributed by atoms with E-state index < -0.39 is 0 Å². The summed E-state index contributed by atoms with van der Waals surface area (Å²) in [5, 5.41) is 4.39. The van der Waals surface area contributed by atoms with E-state index in [1.807, 2.05) is 30.3 Å². The molecule has 1 saturated carbocycles. The minimum Gasteiger partial charge on any atom is -0.357 e. The summed E-state index contributed by atoms with van der Waals surface area (Å²) in [6, 6.07) is 21.0. The van der Waals surface area contributed by atoms with E-state index in [0.717, 1.165) is 43.9 Å². The molecule has 2 aromatic carbocycles. The Morgan fingerprint density at radius 1 is 0.974 bits per heavy atom. The number of nitrogens with one attached hydrogen (secondary N) is 1. The van der Waals surface area contributed by atoms with Gasteiger partial charge >= 0.3 is 0 Å². The molecule has 206 valence electrons. The molecule has 1 aromatic heterocycles. The van der Waals surface area contributed by atoms with Crippen molar-refractivity contribution in [2.45, 2.75) is 74.5 Å². The van der Waals surface area contributed by atoms with Gasteiger partial charge in [0.25, 0.3) is 5.91 Å². The van der Waals surface area contributed by atoms with Gasteiger partial charge in [-0.2, -0.15) is 0 Å². The predicted molar refractivity (Wildman–Crippen MR) is 161 cm³/mol. The smallest absolute Gasteiger partial charge is 0.251 e. The van der Waals surface area contributed by atoms with Gasteiger partial charge in [0.2, 0.25) is 0 Å². The van der Waals surface area contributed by atoms with E-state index in [0.29, 0.717) is 27.7 Å². The average molecular weight is 564 g/mol.